The van der Waals surface area contributed by atoms with Crippen molar-refractivity contribution in [1.82, 2.24) is 14.8 Å². The monoisotopic (exact) mass is 151 g/mol. The van der Waals surface area contributed by atoms with E-state index in [1.807, 2.05) is 6.92 Å². The molecule has 1 aliphatic heterocycles. The summed E-state index contributed by atoms with van der Waals surface area (Å²) in [6.45, 7) is 4.25. The van der Waals surface area contributed by atoms with Crippen molar-refractivity contribution in [2.24, 2.45) is 0 Å². The molecule has 0 saturated heterocycles. The van der Waals surface area contributed by atoms with Crippen LogP contribution in [0.15, 0.2) is 0 Å². The van der Waals surface area contributed by atoms with Crippen LogP contribution in [-0.2, 0) is 6.42 Å². The smallest absolute Gasteiger partial charge is 0.133 e. The van der Waals surface area contributed by atoms with E-state index in [0.717, 1.165) is 12.2 Å². The van der Waals surface area contributed by atoms with E-state index in [4.69, 9.17) is 0 Å². The molecule has 1 aliphatic rings. The third-order valence-corrected chi connectivity index (χ3v) is 2.47. The van der Waals surface area contributed by atoms with Gasteiger partial charge >= 0.3 is 0 Å². The Morgan fingerprint density at radius 1 is 1.55 bits per heavy atom. The Kier molecular flexibility index (Phi) is 1.44. The highest BCUT2D eigenvalue weighted by atomic mass is 15.3. The molecule has 60 valence electrons. The molecule has 1 aromatic rings. The molecule has 1 aromatic heterocycles. The first-order valence-corrected chi connectivity index (χ1v) is 4.23. The minimum Gasteiger partial charge on any atom is -0.312 e. The van der Waals surface area contributed by atoms with E-state index in [0.29, 0.717) is 6.04 Å². The van der Waals surface area contributed by atoms with Gasteiger partial charge in [-0.25, -0.2) is 0 Å². The maximum Gasteiger partial charge on any atom is 0.133 e. The third kappa shape index (κ3) is 0.870. The summed E-state index contributed by atoms with van der Waals surface area (Å²) in [5.41, 5.74) is 0. The lowest BCUT2D eigenvalue weighted by atomic mass is 10.2. The highest BCUT2D eigenvalue weighted by Crippen LogP contribution is 2.27. The quantitative estimate of drug-likeness (QED) is 0.608. The van der Waals surface area contributed by atoms with E-state index >= 15 is 0 Å². The zero-order chi connectivity index (χ0) is 7.84. The van der Waals surface area contributed by atoms with Crippen LogP contribution in [0.1, 0.15) is 37.5 Å². The summed E-state index contributed by atoms with van der Waals surface area (Å²) in [6, 6.07) is 0.667. The molecule has 0 aliphatic carbocycles. The van der Waals surface area contributed by atoms with Crippen LogP contribution in [0.25, 0.3) is 0 Å². The van der Waals surface area contributed by atoms with Crippen LogP contribution < -0.4 is 0 Å². The van der Waals surface area contributed by atoms with Crippen LogP contribution in [0.2, 0.25) is 0 Å². The second-order valence-corrected chi connectivity index (χ2v) is 3.13. The van der Waals surface area contributed by atoms with E-state index in [1.54, 1.807) is 0 Å². The standard InChI is InChI=1S/C8H13N3/c1-3-7-4-5-8-10-9-6(2)11(7)8/h7H,3-5H2,1-2H3. The van der Waals surface area contributed by atoms with E-state index < -0.39 is 0 Å². The van der Waals surface area contributed by atoms with Gasteiger partial charge in [-0.15, -0.1) is 10.2 Å². The Hall–Kier alpha value is -0.860. The Morgan fingerprint density at radius 2 is 2.36 bits per heavy atom. The van der Waals surface area contributed by atoms with Gasteiger partial charge in [0.15, 0.2) is 0 Å². The van der Waals surface area contributed by atoms with Gasteiger partial charge in [0.2, 0.25) is 0 Å². The predicted octanol–water partition coefficient (Wildman–Crippen LogP) is 1.48. The average Bonchev–Trinajstić information content (AvgIpc) is 2.54. The third-order valence-electron chi connectivity index (χ3n) is 2.47. The van der Waals surface area contributed by atoms with Crippen LogP contribution in [0.5, 0.6) is 0 Å². The molecule has 0 spiro atoms. The van der Waals surface area contributed by atoms with Crippen molar-refractivity contribution in [1.29, 1.82) is 0 Å². The first kappa shape index (κ1) is 6.83. The summed E-state index contributed by atoms with van der Waals surface area (Å²) in [4.78, 5) is 0. The SMILES string of the molecule is CCC1CCc2nnc(C)n21. The summed E-state index contributed by atoms with van der Waals surface area (Å²) >= 11 is 0. The second kappa shape index (κ2) is 2.32. The lowest BCUT2D eigenvalue weighted by Gasteiger charge is -2.09. The largest absolute Gasteiger partial charge is 0.312 e. The molecular formula is C8H13N3. The summed E-state index contributed by atoms with van der Waals surface area (Å²) in [6.07, 6.45) is 3.56. The molecule has 2 heterocycles. The van der Waals surface area contributed by atoms with Crippen molar-refractivity contribution < 1.29 is 0 Å². The van der Waals surface area contributed by atoms with Gasteiger partial charge in [0.05, 0.1) is 0 Å². The van der Waals surface area contributed by atoms with E-state index in [9.17, 15) is 0 Å². The topological polar surface area (TPSA) is 30.7 Å². The molecule has 0 fully saturated rings. The van der Waals surface area contributed by atoms with Crippen LogP contribution in [0, 0.1) is 6.92 Å². The maximum atomic E-state index is 4.11. The molecule has 0 amide bonds. The molecule has 0 N–H and O–H groups in total. The molecule has 2 rings (SSSR count). The Balaban J connectivity index is 2.42. The van der Waals surface area contributed by atoms with E-state index in [2.05, 4.69) is 21.7 Å². The number of aromatic nitrogens is 3. The van der Waals surface area contributed by atoms with E-state index in [1.165, 1.54) is 18.7 Å². The van der Waals surface area contributed by atoms with Crippen molar-refractivity contribution in [2.75, 3.05) is 0 Å². The number of hydrogen-bond donors (Lipinski definition) is 0. The average molecular weight is 151 g/mol. The van der Waals surface area contributed by atoms with Gasteiger partial charge in [-0.05, 0) is 19.8 Å². The highest BCUT2D eigenvalue weighted by Gasteiger charge is 2.23. The van der Waals surface area contributed by atoms with Gasteiger partial charge < -0.3 is 4.57 Å². The lowest BCUT2D eigenvalue weighted by molar-refractivity contribution is 0.499. The molecule has 0 bridgehead atoms. The van der Waals surface area contributed by atoms with Gasteiger partial charge in [-0.1, -0.05) is 6.92 Å². The predicted molar refractivity (Wildman–Crippen MR) is 42.4 cm³/mol. The second-order valence-electron chi connectivity index (χ2n) is 3.13. The molecule has 0 saturated carbocycles. The normalized spacial score (nSPS) is 22.2. The highest BCUT2D eigenvalue weighted by molar-refractivity contribution is 5.02. The molecule has 11 heavy (non-hydrogen) atoms. The van der Waals surface area contributed by atoms with Crippen molar-refractivity contribution in [3.05, 3.63) is 11.6 Å². The minimum absolute atomic E-state index is 0.667. The van der Waals surface area contributed by atoms with Gasteiger partial charge in [-0.2, -0.15) is 0 Å². The van der Waals surface area contributed by atoms with Crippen molar-refractivity contribution in [2.45, 2.75) is 39.2 Å². The van der Waals surface area contributed by atoms with Crippen LogP contribution in [0.4, 0.5) is 0 Å². The van der Waals surface area contributed by atoms with Crippen molar-refractivity contribution in [3.63, 3.8) is 0 Å². The molecule has 0 radical (unpaired) electrons. The van der Waals surface area contributed by atoms with Crippen LogP contribution >= 0.6 is 0 Å². The lowest BCUT2D eigenvalue weighted by Crippen LogP contribution is -2.04. The van der Waals surface area contributed by atoms with Gasteiger partial charge in [-0.3, -0.25) is 0 Å². The molecule has 3 heteroatoms. The van der Waals surface area contributed by atoms with Crippen LogP contribution in [-0.4, -0.2) is 14.8 Å². The number of hydrogen-bond acceptors (Lipinski definition) is 2. The fraction of sp³-hybridized carbons (Fsp3) is 0.750. The molecule has 3 nitrogen and oxygen atoms in total. The van der Waals surface area contributed by atoms with Crippen molar-refractivity contribution >= 4 is 0 Å². The fourth-order valence-corrected chi connectivity index (χ4v) is 1.87. The maximum absolute atomic E-state index is 4.11. The molecule has 1 atom stereocenters. The minimum atomic E-state index is 0.667. The molecule has 1 unspecified atom stereocenters. The van der Waals surface area contributed by atoms with E-state index in [-0.39, 0.29) is 0 Å². The Bertz CT molecular complexity index is 264. The Morgan fingerprint density at radius 3 is 3.09 bits per heavy atom. The van der Waals surface area contributed by atoms with Gasteiger partial charge in [0.1, 0.15) is 11.6 Å². The zero-order valence-electron chi connectivity index (χ0n) is 7.04. The molecular weight excluding hydrogens is 138 g/mol. The summed E-state index contributed by atoms with van der Waals surface area (Å²) in [7, 11) is 0. The number of nitrogens with zero attached hydrogens (tertiary/aromatic N) is 3. The fourth-order valence-electron chi connectivity index (χ4n) is 1.87. The first-order chi connectivity index (χ1) is 5.33. The van der Waals surface area contributed by atoms with Crippen molar-refractivity contribution in [3.8, 4) is 0 Å². The first-order valence-electron chi connectivity index (χ1n) is 4.23. The molecule has 0 aromatic carbocycles. The summed E-state index contributed by atoms with van der Waals surface area (Å²) in [5, 5.41) is 8.16. The van der Waals surface area contributed by atoms with Crippen LogP contribution in [0.3, 0.4) is 0 Å². The summed E-state index contributed by atoms with van der Waals surface area (Å²) < 4.78 is 2.28. The van der Waals surface area contributed by atoms with Gasteiger partial charge in [0.25, 0.3) is 0 Å². The van der Waals surface area contributed by atoms with Gasteiger partial charge in [0, 0.05) is 12.5 Å². The number of aryl methyl sites for hydroxylation is 2. The zero-order valence-corrected chi connectivity index (χ0v) is 7.04. The summed E-state index contributed by atoms with van der Waals surface area (Å²) in [5.74, 6) is 2.25. The Labute approximate surface area is 66.4 Å². The number of rotatable bonds is 1. The number of fused-ring (bicyclic) bond motifs is 1.